The number of amides is 2. The predicted molar refractivity (Wildman–Crippen MR) is 118 cm³/mol. The van der Waals surface area contributed by atoms with Gasteiger partial charge >= 0.3 is 0 Å². The molecule has 0 radical (unpaired) electrons. The van der Waals surface area contributed by atoms with Crippen molar-refractivity contribution in [2.75, 3.05) is 39.1 Å². The summed E-state index contributed by atoms with van der Waals surface area (Å²) in [6, 6.07) is 8.04. The van der Waals surface area contributed by atoms with E-state index in [2.05, 4.69) is 10.3 Å². The first-order valence-electron chi connectivity index (χ1n) is 10.4. The zero-order valence-corrected chi connectivity index (χ0v) is 18.4. The first-order valence-corrected chi connectivity index (χ1v) is 10.4. The van der Waals surface area contributed by atoms with Crippen LogP contribution in [0.15, 0.2) is 42.7 Å². The summed E-state index contributed by atoms with van der Waals surface area (Å²) in [6.07, 6.45) is 2.88. The molecule has 0 saturated heterocycles. The molecule has 0 aliphatic carbocycles. The molecule has 0 fully saturated rings. The van der Waals surface area contributed by atoms with Gasteiger partial charge in [0.05, 0.1) is 23.9 Å². The van der Waals surface area contributed by atoms with Gasteiger partial charge in [-0.2, -0.15) is 0 Å². The van der Waals surface area contributed by atoms with Crippen LogP contribution in [0, 0.1) is 5.92 Å². The number of pyridine rings is 1. The lowest BCUT2D eigenvalue weighted by atomic mass is 9.99. The molecule has 1 aliphatic heterocycles. The maximum atomic E-state index is 13.4. The number of para-hydroxylation sites is 1. The molecule has 2 amide bonds. The molecule has 2 heterocycles. The third-order valence-corrected chi connectivity index (χ3v) is 5.43. The van der Waals surface area contributed by atoms with Crippen LogP contribution in [0.2, 0.25) is 0 Å². The zero-order valence-electron chi connectivity index (χ0n) is 18.4. The number of ether oxygens (including phenoxy) is 1. The van der Waals surface area contributed by atoms with Gasteiger partial charge in [0.25, 0.3) is 11.8 Å². The number of fused-ring (bicyclic) bond motifs is 1. The first-order chi connectivity index (χ1) is 14.8. The topological polar surface area (TPSA) is 95.0 Å². The van der Waals surface area contributed by atoms with Crippen LogP contribution in [0.1, 0.15) is 34.6 Å². The van der Waals surface area contributed by atoms with Crippen LogP contribution >= 0.6 is 0 Å². The van der Waals surface area contributed by atoms with Crippen LogP contribution < -0.4 is 10.1 Å². The smallest absolute Gasteiger partial charge is 0.258 e. The molecule has 31 heavy (non-hydrogen) atoms. The number of carbonyl (C=O) groups is 2. The molecule has 1 aromatic carbocycles. The third kappa shape index (κ3) is 5.21. The second kappa shape index (κ2) is 9.89. The van der Waals surface area contributed by atoms with E-state index in [1.165, 1.54) is 0 Å². The van der Waals surface area contributed by atoms with E-state index in [9.17, 15) is 14.7 Å². The quantitative estimate of drug-likeness (QED) is 0.735. The van der Waals surface area contributed by atoms with Crippen molar-refractivity contribution in [3.8, 4) is 5.75 Å². The highest BCUT2D eigenvalue weighted by Crippen LogP contribution is 2.35. The Hall–Kier alpha value is -2.97. The molecule has 0 spiro atoms. The SMILES string of the molecule is C[C@H](CO)N1C[C@H](C)[C@@H](CN(C)C)Oc2c(NC(=O)c3ccncc3)cccc2C1=O. The fourth-order valence-electron chi connectivity index (χ4n) is 3.62. The summed E-state index contributed by atoms with van der Waals surface area (Å²) >= 11 is 0. The van der Waals surface area contributed by atoms with E-state index < -0.39 is 0 Å². The number of aliphatic hydroxyl groups is 1. The molecule has 166 valence electrons. The molecule has 8 heteroatoms. The zero-order chi connectivity index (χ0) is 22.5. The van der Waals surface area contributed by atoms with E-state index in [0.29, 0.717) is 35.7 Å². The molecule has 2 aromatic rings. The number of anilines is 1. The first kappa shape index (κ1) is 22.7. The standard InChI is InChI=1S/C23H30N4O4/c1-15-12-27(16(2)14-28)23(30)18-6-5-7-19(21(18)31-20(15)13-26(3)4)25-22(29)17-8-10-24-11-9-17/h5-11,15-16,20,28H,12-14H2,1-4H3,(H,25,29)/t15-,16+,20+/m0/s1. The minimum absolute atomic E-state index is 0.0115. The van der Waals surface area contributed by atoms with Gasteiger partial charge in [-0.25, -0.2) is 0 Å². The van der Waals surface area contributed by atoms with E-state index in [1.54, 1.807) is 47.6 Å². The number of aliphatic hydroxyl groups excluding tert-OH is 1. The van der Waals surface area contributed by atoms with Crippen molar-refractivity contribution in [1.82, 2.24) is 14.8 Å². The van der Waals surface area contributed by atoms with Crippen molar-refractivity contribution >= 4 is 17.5 Å². The minimum Gasteiger partial charge on any atom is -0.486 e. The number of aromatic nitrogens is 1. The van der Waals surface area contributed by atoms with Crippen LogP contribution in [-0.4, -0.2) is 77.6 Å². The van der Waals surface area contributed by atoms with E-state index in [0.717, 1.165) is 0 Å². The average Bonchev–Trinajstić information content (AvgIpc) is 2.76. The summed E-state index contributed by atoms with van der Waals surface area (Å²) in [7, 11) is 3.93. The van der Waals surface area contributed by atoms with Crippen LogP contribution in [0.25, 0.3) is 0 Å². The minimum atomic E-state index is -0.337. The van der Waals surface area contributed by atoms with Crippen molar-refractivity contribution in [2.45, 2.75) is 26.0 Å². The van der Waals surface area contributed by atoms with Gasteiger partial charge in [-0.05, 0) is 45.3 Å². The molecule has 2 N–H and O–H groups in total. The monoisotopic (exact) mass is 426 g/mol. The van der Waals surface area contributed by atoms with Gasteiger partial charge in [0.2, 0.25) is 0 Å². The highest BCUT2D eigenvalue weighted by Gasteiger charge is 2.34. The van der Waals surface area contributed by atoms with Gasteiger partial charge in [0.1, 0.15) is 6.10 Å². The number of rotatable bonds is 6. The molecular formula is C23H30N4O4. The molecule has 0 unspecified atom stereocenters. The van der Waals surface area contributed by atoms with E-state index in [1.807, 2.05) is 32.8 Å². The lowest BCUT2D eigenvalue weighted by Gasteiger charge is -2.38. The van der Waals surface area contributed by atoms with Crippen LogP contribution in [0.4, 0.5) is 5.69 Å². The van der Waals surface area contributed by atoms with E-state index in [-0.39, 0.29) is 36.5 Å². The van der Waals surface area contributed by atoms with Gasteiger partial charge in [0.15, 0.2) is 5.75 Å². The number of likely N-dealkylation sites (N-methyl/N-ethyl adjacent to an activating group) is 1. The molecule has 0 bridgehead atoms. The van der Waals surface area contributed by atoms with E-state index >= 15 is 0 Å². The number of nitrogens with zero attached hydrogens (tertiary/aromatic N) is 3. The summed E-state index contributed by atoms with van der Waals surface area (Å²) in [5, 5.41) is 12.6. The fraction of sp³-hybridized carbons (Fsp3) is 0.435. The maximum Gasteiger partial charge on any atom is 0.258 e. The van der Waals surface area contributed by atoms with Crippen molar-refractivity contribution in [1.29, 1.82) is 0 Å². The van der Waals surface area contributed by atoms with Crippen LogP contribution in [0.5, 0.6) is 5.75 Å². The Morgan fingerprint density at radius 3 is 2.68 bits per heavy atom. The van der Waals surface area contributed by atoms with Crippen molar-refractivity contribution < 1.29 is 19.4 Å². The molecular weight excluding hydrogens is 396 g/mol. The maximum absolute atomic E-state index is 13.4. The molecule has 1 aromatic heterocycles. The van der Waals surface area contributed by atoms with Crippen molar-refractivity contribution in [3.63, 3.8) is 0 Å². The molecule has 8 nitrogen and oxygen atoms in total. The summed E-state index contributed by atoms with van der Waals surface area (Å²) in [6.45, 7) is 4.82. The second-order valence-electron chi connectivity index (χ2n) is 8.26. The predicted octanol–water partition coefficient (Wildman–Crippen LogP) is 2.12. The number of nitrogens with one attached hydrogen (secondary N) is 1. The van der Waals surface area contributed by atoms with Crippen LogP contribution in [0.3, 0.4) is 0 Å². The lowest BCUT2D eigenvalue weighted by Crippen LogP contribution is -2.49. The Bertz CT molecular complexity index is 919. The number of hydrogen-bond acceptors (Lipinski definition) is 6. The van der Waals surface area contributed by atoms with Gasteiger partial charge in [-0.15, -0.1) is 0 Å². The average molecular weight is 427 g/mol. The number of hydrogen-bond donors (Lipinski definition) is 2. The fourth-order valence-corrected chi connectivity index (χ4v) is 3.62. The summed E-state index contributed by atoms with van der Waals surface area (Å²) in [4.78, 5) is 33.8. The summed E-state index contributed by atoms with van der Waals surface area (Å²) in [5.41, 5.74) is 1.25. The Kier molecular flexibility index (Phi) is 7.25. The largest absolute Gasteiger partial charge is 0.486 e. The molecule has 3 atom stereocenters. The van der Waals surface area contributed by atoms with Gasteiger partial charge in [0, 0.05) is 37.0 Å². The van der Waals surface area contributed by atoms with Gasteiger partial charge in [-0.3, -0.25) is 14.6 Å². The van der Waals surface area contributed by atoms with Crippen molar-refractivity contribution in [3.05, 3.63) is 53.9 Å². The summed E-state index contributed by atoms with van der Waals surface area (Å²) < 4.78 is 6.38. The van der Waals surface area contributed by atoms with Gasteiger partial charge < -0.3 is 25.0 Å². The molecule has 1 aliphatic rings. The highest BCUT2D eigenvalue weighted by molar-refractivity contribution is 6.07. The van der Waals surface area contributed by atoms with Gasteiger partial charge in [-0.1, -0.05) is 13.0 Å². The number of carbonyl (C=O) groups excluding carboxylic acids is 2. The second-order valence-corrected chi connectivity index (χ2v) is 8.26. The third-order valence-electron chi connectivity index (χ3n) is 5.43. The Morgan fingerprint density at radius 1 is 1.32 bits per heavy atom. The van der Waals surface area contributed by atoms with Crippen LogP contribution in [-0.2, 0) is 0 Å². The molecule has 0 saturated carbocycles. The highest BCUT2D eigenvalue weighted by atomic mass is 16.5. The number of benzene rings is 1. The Balaban J connectivity index is 2.04. The van der Waals surface area contributed by atoms with E-state index in [4.69, 9.17) is 4.74 Å². The normalized spacial score (nSPS) is 19.8. The lowest BCUT2D eigenvalue weighted by molar-refractivity contribution is 0.0365. The molecule has 3 rings (SSSR count). The summed E-state index contributed by atoms with van der Waals surface area (Å²) in [5.74, 6) is -0.181. The van der Waals surface area contributed by atoms with Crippen molar-refractivity contribution in [2.24, 2.45) is 5.92 Å². The Labute approximate surface area is 182 Å². The Morgan fingerprint density at radius 2 is 2.03 bits per heavy atom.